The van der Waals surface area contributed by atoms with Crippen molar-refractivity contribution in [3.8, 4) is 0 Å². The molecule has 5 heteroatoms. The first-order valence-electron chi connectivity index (χ1n) is 22.6. The molecule has 1 aromatic carbocycles. The molecule has 0 radical (unpaired) electrons. The zero-order valence-electron chi connectivity index (χ0n) is 35.1. The highest BCUT2D eigenvalue weighted by molar-refractivity contribution is 6.03. The predicted molar refractivity (Wildman–Crippen MR) is 227 cm³/mol. The van der Waals surface area contributed by atoms with Crippen molar-refractivity contribution in [3.05, 3.63) is 47.5 Å². The van der Waals surface area contributed by atoms with Gasteiger partial charge in [-0.25, -0.2) is 9.59 Å². The van der Waals surface area contributed by atoms with Crippen LogP contribution in [0.15, 0.2) is 36.4 Å². The number of allylic oxidation sites excluding steroid dienone is 2. The van der Waals surface area contributed by atoms with E-state index in [-0.39, 0.29) is 0 Å². The van der Waals surface area contributed by atoms with Crippen LogP contribution < -0.4 is 0 Å². The van der Waals surface area contributed by atoms with Crippen molar-refractivity contribution in [3.63, 3.8) is 0 Å². The van der Waals surface area contributed by atoms with Crippen LogP contribution in [0.3, 0.4) is 0 Å². The molecule has 0 spiro atoms. The number of rotatable bonds is 37. The van der Waals surface area contributed by atoms with E-state index in [1.54, 1.807) is 24.3 Å². The van der Waals surface area contributed by atoms with Crippen molar-refractivity contribution >= 4 is 18.2 Å². The van der Waals surface area contributed by atoms with Gasteiger partial charge in [-0.15, -0.1) is 0 Å². The second-order valence-corrected chi connectivity index (χ2v) is 15.0. The van der Waals surface area contributed by atoms with Crippen LogP contribution in [-0.2, 0) is 14.3 Å². The van der Waals surface area contributed by atoms with Crippen LogP contribution in [0, 0.1) is 0 Å². The topological polar surface area (TPSA) is 69.7 Å². The van der Waals surface area contributed by atoms with E-state index in [0.717, 1.165) is 57.7 Å². The molecule has 0 bridgehead atoms. The smallest absolute Gasteiger partial charge is 0.339 e. The lowest BCUT2D eigenvalue weighted by Crippen LogP contribution is -2.15. The molecule has 53 heavy (non-hydrogen) atoms. The Balaban J connectivity index is 0.00000121. The van der Waals surface area contributed by atoms with Crippen LogP contribution >= 0.6 is 0 Å². The number of carbonyl (C=O) groups excluding carboxylic acids is 3. The first kappa shape index (κ1) is 50.6. The summed E-state index contributed by atoms with van der Waals surface area (Å²) in [6, 6.07) is 6.78. The fraction of sp³-hybridized carbons (Fsp3) is 0.771. The molecule has 0 N–H and O–H groups in total. The van der Waals surface area contributed by atoms with Crippen LogP contribution in [0.5, 0.6) is 0 Å². The Morgan fingerprint density at radius 2 is 0.698 bits per heavy atom. The standard InChI is InChI=1S/C30H50O4.C18H34O/c1-3-5-7-9-10-11-12-13-14-15-16-17-18-22-26-34-30(32)28-24-20-19-23-27(28)29(31)33-25-21-8-6-4-2;1-2-3-4-5-6-7-8-9-10-11-12-13-14-15-16-17-18-19/h19-20,23-24H,3-18,21-22,25-26H2,1-2H3;9-10,18H,2-8,11-17H2,1H3. The summed E-state index contributed by atoms with van der Waals surface area (Å²) in [4.78, 5) is 35.0. The number of unbranched alkanes of at least 4 members (excludes halogenated alkanes) is 28. The quantitative estimate of drug-likeness (QED) is 0.0294. The summed E-state index contributed by atoms with van der Waals surface area (Å²) in [5, 5.41) is 0. The summed E-state index contributed by atoms with van der Waals surface area (Å²) in [7, 11) is 0. The lowest BCUT2D eigenvalue weighted by molar-refractivity contribution is -0.107. The molecule has 0 amide bonds. The monoisotopic (exact) mass is 741 g/mol. The summed E-state index contributed by atoms with van der Waals surface area (Å²) >= 11 is 0. The minimum absolute atomic E-state index is 0.295. The zero-order valence-corrected chi connectivity index (χ0v) is 35.1. The number of ether oxygens (including phenoxy) is 2. The molecular formula is C48H84O5. The Bertz CT molecular complexity index is 970. The third-order valence-electron chi connectivity index (χ3n) is 9.91. The maximum absolute atomic E-state index is 12.5. The third-order valence-corrected chi connectivity index (χ3v) is 9.91. The van der Waals surface area contributed by atoms with Gasteiger partial charge in [-0.1, -0.05) is 199 Å². The van der Waals surface area contributed by atoms with Gasteiger partial charge in [-0.2, -0.15) is 0 Å². The summed E-state index contributed by atoms with van der Waals surface area (Å²) < 4.78 is 10.8. The number of benzene rings is 1. The highest BCUT2D eigenvalue weighted by atomic mass is 16.5. The normalized spacial score (nSPS) is 11.0. The van der Waals surface area contributed by atoms with Crippen LogP contribution in [0.2, 0.25) is 0 Å². The van der Waals surface area contributed by atoms with Gasteiger partial charge >= 0.3 is 11.9 Å². The van der Waals surface area contributed by atoms with E-state index in [2.05, 4.69) is 32.9 Å². The Kier molecular flexibility index (Phi) is 40.4. The molecule has 0 aliphatic rings. The van der Waals surface area contributed by atoms with Gasteiger partial charge in [0.15, 0.2) is 0 Å². The number of hydrogen-bond donors (Lipinski definition) is 0. The molecule has 0 unspecified atom stereocenters. The highest BCUT2D eigenvalue weighted by Gasteiger charge is 2.18. The average molecular weight is 741 g/mol. The first-order valence-corrected chi connectivity index (χ1v) is 22.6. The van der Waals surface area contributed by atoms with Gasteiger partial charge in [-0.05, 0) is 57.1 Å². The SMILES string of the molecule is CCCCCCCCC=CCCCCCCCC=O.CCCCCCCCCCCCCCCCOC(=O)c1ccccc1C(=O)OCCCCCC. The van der Waals surface area contributed by atoms with E-state index in [4.69, 9.17) is 9.47 Å². The van der Waals surface area contributed by atoms with Gasteiger partial charge < -0.3 is 14.3 Å². The minimum Gasteiger partial charge on any atom is -0.462 e. The van der Waals surface area contributed by atoms with Crippen molar-refractivity contribution in [2.24, 2.45) is 0 Å². The molecule has 5 nitrogen and oxygen atoms in total. The molecule has 0 saturated heterocycles. The third kappa shape index (κ3) is 35.1. The Morgan fingerprint density at radius 1 is 0.415 bits per heavy atom. The summed E-state index contributed by atoms with van der Waals surface area (Å²) in [5.41, 5.74) is 0.593. The summed E-state index contributed by atoms with van der Waals surface area (Å²) in [5.74, 6) is -0.881. The van der Waals surface area contributed by atoms with Gasteiger partial charge in [-0.3, -0.25) is 0 Å². The van der Waals surface area contributed by atoms with Crippen molar-refractivity contribution in [2.45, 2.75) is 226 Å². The van der Waals surface area contributed by atoms with E-state index in [0.29, 0.717) is 24.3 Å². The molecule has 0 heterocycles. The van der Waals surface area contributed by atoms with Crippen LogP contribution in [0.1, 0.15) is 247 Å². The molecule has 0 aliphatic carbocycles. The van der Waals surface area contributed by atoms with E-state index in [1.165, 1.54) is 154 Å². The Hall–Kier alpha value is -2.43. The molecular weight excluding hydrogens is 657 g/mol. The molecule has 0 aromatic heterocycles. The van der Waals surface area contributed by atoms with Crippen molar-refractivity contribution in [2.75, 3.05) is 13.2 Å². The van der Waals surface area contributed by atoms with Crippen LogP contribution in [-0.4, -0.2) is 31.4 Å². The van der Waals surface area contributed by atoms with E-state index < -0.39 is 11.9 Å². The largest absolute Gasteiger partial charge is 0.462 e. The number of aldehydes is 1. The van der Waals surface area contributed by atoms with Gasteiger partial charge in [0.25, 0.3) is 0 Å². The molecule has 0 fully saturated rings. The van der Waals surface area contributed by atoms with Crippen LogP contribution in [0.4, 0.5) is 0 Å². The highest BCUT2D eigenvalue weighted by Crippen LogP contribution is 2.16. The second-order valence-electron chi connectivity index (χ2n) is 15.0. The molecule has 0 atom stereocenters. The molecule has 306 valence electrons. The number of hydrogen-bond acceptors (Lipinski definition) is 5. The van der Waals surface area contributed by atoms with Gasteiger partial charge in [0.2, 0.25) is 0 Å². The van der Waals surface area contributed by atoms with E-state index in [9.17, 15) is 14.4 Å². The zero-order chi connectivity index (χ0) is 38.7. The Labute approximate surface area is 328 Å². The second kappa shape index (κ2) is 42.3. The molecule has 0 aliphatic heterocycles. The minimum atomic E-state index is -0.444. The van der Waals surface area contributed by atoms with Gasteiger partial charge in [0.1, 0.15) is 6.29 Å². The average Bonchev–Trinajstić information content (AvgIpc) is 3.18. The maximum atomic E-state index is 12.5. The molecule has 1 rings (SSSR count). The maximum Gasteiger partial charge on any atom is 0.339 e. The van der Waals surface area contributed by atoms with Gasteiger partial charge in [0, 0.05) is 6.42 Å². The van der Waals surface area contributed by atoms with Crippen molar-refractivity contribution in [1.29, 1.82) is 0 Å². The van der Waals surface area contributed by atoms with Crippen molar-refractivity contribution < 1.29 is 23.9 Å². The summed E-state index contributed by atoms with van der Waals surface area (Å²) in [6.45, 7) is 7.47. The Morgan fingerprint density at radius 3 is 1.04 bits per heavy atom. The fourth-order valence-corrected chi connectivity index (χ4v) is 6.45. The summed E-state index contributed by atoms with van der Waals surface area (Å²) in [6.07, 6.45) is 45.9. The van der Waals surface area contributed by atoms with E-state index >= 15 is 0 Å². The first-order chi connectivity index (χ1) is 26.1. The number of esters is 2. The predicted octanol–water partition coefficient (Wildman–Crippen LogP) is 15.3. The molecule has 1 aromatic rings. The van der Waals surface area contributed by atoms with E-state index in [1.807, 2.05) is 0 Å². The molecule has 0 saturated carbocycles. The van der Waals surface area contributed by atoms with Crippen LogP contribution in [0.25, 0.3) is 0 Å². The van der Waals surface area contributed by atoms with Gasteiger partial charge in [0.05, 0.1) is 24.3 Å². The van der Waals surface area contributed by atoms with Crippen molar-refractivity contribution in [1.82, 2.24) is 0 Å². The fourth-order valence-electron chi connectivity index (χ4n) is 6.45. The number of carbonyl (C=O) groups is 3. The lowest BCUT2D eigenvalue weighted by Gasteiger charge is -2.10. The lowest BCUT2D eigenvalue weighted by atomic mass is 10.0.